The lowest BCUT2D eigenvalue weighted by Gasteiger charge is -2.06. The largest absolute Gasteiger partial charge is 0.335 e. The fourth-order valence-corrected chi connectivity index (χ4v) is 1.71. The molecule has 1 aliphatic rings. The highest BCUT2D eigenvalue weighted by atomic mass is 16.2. The zero-order valence-electron chi connectivity index (χ0n) is 10.0. The summed E-state index contributed by atoms with van der Waals surface area (Å²) in [6, 6.07) is 0.321. The molecule has 2 N–H and O–H groups in total. The molecule has 0 aromatic carbocycles. The van der Waals surface area contributed by atoms with Crippen LogP contribution in [0.25, 0.3) is 0 Å². The molecule has 1 aromatic heterocycles. The molecule has 0 radical (unpaired) electrons. The molecule has 0 bridgehead atoms. The van der Waals surface area contributed by atoms with Crippen LogP contribution in [0, 0.1) is 13.8 Å². The predicted octanol–water partition coefficient (Wildman–Crippen LogP) is 0.999. The third-order valence-electron chi connectivity index (χ3n) is 3.00. The van der Waals surface area contributed by atoms with Gasteiger partial charge in [-0.15, -0.1) is 0 Å². The van der Waals surface area contributed by atoms with E-state index in [2.05, 4.69) is 15.7 Å². The van der Waals surface area contributed by atoms with Gasteiger partial charge in [0.2, 0.25) is 0 Å². The topological polar surface area (TPSA) is 59.0 Å². The minimum absolute atomic E-state index is 0.0786. The highest BCUT2D eigenvalue weighted by Gasteiger charge is 2.23. The molecule has 1 aliphatic carbocycles. The molecule has 1 aromatic rings. The smallest absolute Gasteiger partial charge is 0.315 e. The summed E-state index contributed by atoms with van der Waals surface area (Å²) in [5, 5.41) is 10.1. The summed E-state index contributed by atoms with van der Waals surface area (Å²) >= 11 is 0. The first-order valence-electron chi connectivity index (χ1n) is 5.61. The Kier molecular flexibility index (Phi) is 2.85. The quantitative estimate of drug-likeness (QED) is 0.801. The van der Waals surface area contributed by atoms with Gasteiger partial charge in [-0.25, -0.2) is 4.79 Å². The van der Waals surface area contributed by atoms with E-state index in [0.29, 0.717) is 12.6 Å². The van der Waals surface area contributed by atoms with Gasteiger partial charge in [0.15, 0.2) is 0 Å². The van der Waals surface area contributed by atoms with Crippen molar-refractivity contribution in [3.63, 3.8) is 0 Å². The average Bonchev–Trinajstić information content (AvgIpc) is 2.97. The van der Waals surface area contributed by atoms with Crippen molar-refractivity contribution in [2.45, 2.75) is 39.3 Å². The van der Waals surface area contributed by atoms with Crippen LogP contribution < -0.4 is 10.6 Å². The Morgan fingerprint density at radius 2 is 2.19 bits per heavy atom. The lowest BCUT2D eigenvalue weighted by Crippen LogP contribution is -2.36. The number of nitrogens with one attached hydrogen (secondary N) is 2. The molecule has 0 unspecified atom stereocenters. The molecule has 0 aliphatic heterocycles. The lowest BCUT2D eigenvalue weighted by molar-refractivity contribution is 0.240. The number of aromatic nitrogens is 2. The third kappa shape index (κ3) is 2.35. The summed E-state index contributed by atoms with van der Waals surface area (Å²) in [6.07, 6.45) is 2.22. The second kappa shape index (κ2) is 4.15. The number of carbonyl (C=O) groups excluding carboxylic acids is 1. The van der Waals surface area contributed by atoms with E-state index in [1.807, 2.05) is 25.6 Å². The first-order valence-corrected chi connectivity index (χ1v) is 5.61. The number of hydrogen-bond acceptors (Lipinski definition) is 2. The fraction of sp³-hybridized carbons (Fsp3) is 0.636. The Bertz CT molecular complexity index is 406. The summed E-state index contributed by atoms with van der Waals surface area (Å²) < 4.78 is 1.84. The van der Waals surface area contributed by atoms with Gasteiger partial charge in [-0.3, -0.25) is 4.68 Å². The highest BCUT2D eigenvalue weighted by molar-refractivity contribution is 5.74. The van der Waals surface area contributed by atoms with E-state index in [9.17, 15) is 4.79 Å². The van der Waals surface area contributed by atoms with Crippen molar-refractivity contribution in [3.05, 3.63) is 17.0 Å². The predicted molar refractivity (Wildman–Crippen MR) is 61.1 cm³/mol. The number of aryl methyl sites for hydroxylation is 2. The van der Waals surface area contributed by atoms with Gasteiger partial charge in [0.25, 0.3) is 0 Å². The van der Waals surface area contributed by atoms with Crippen molar-refractivity contribution >= 4 is 6.03 Å². The standard InChI is InChI=1S/C11H18N4O/c1-7-10(8(2)15(3)14-7)6-12-11(16)13-9-4-5-9/h9H,4-6H2,1-3H3,(H2,12,13,16). The fourth-order valence-electron chi connectivity index (χ4n) is 1.71. The molecule has 5 nitrogen and oxygen atoms in total. The average molecular weight is 222 g/mol. The maximum atomic E-state index is 11.4. The van der Waals surface area contributed by atoms with Gasteiger partial charge in [0, 0.05) is 30.9 Å². The number of amides is 2. The maximum absolute atomic E-state index is 11.4. The molecule has 0 saturated heterocycles. The normalized spacial score (nSPS) is 14.9. The van der Waals surface area contributed by atoms with E-state index < -0.39 is 0 Å². The minimum Gasteiger partial charge on any atom is -0.335 e. The van der Waals surface area contributed by atoms with Crippen LogP contribution in [0.15, 0.2) is 0 Å². The van der Waals surface area contributed by atoms with Gasteiger partial charge < -0.3 is 10.6 Å². The van der Waals surface area contributed by atoms with Crippen LogP contribution in [0.5, 0.6) is 0 Å². The van der Waals surface area contributed by atoms with Crippen molar-refractivity contribution in [2.24, 2.45) is 7.05 Å². The van der Waals surface area contributed by atoms with E-state index >= 15 is 0 Å². The summed E-state index contributed by atoms with van der Waals surface area (Å²) in [5.74, 6) is 0. The van der Waals surface area contributed by atoms with Gasteiger partial charge in [-0.2, -0.15) is 5.10 Å². The molecule has 2 rings (SSSR count). The summed E-state index contributed by atoms with van der Waals surface area (Å²) in [7, 11) is 1.91. The molecule has 0 spiro atoms. The summed E-state index contributed by atoms with van der Waals surface area (Å²) in [5.41, 5.74) is 3.18. The minimum atomic E-state index is -0.0786. The van der Waals surface area contributed by atoms with Crippen LogP contribution in [0.3, 0.4) is 0 Å². The van der Waals surface area contributed by atoms with E-state index in [1.54, 1.807) is 0 Å². The molecule has 1 heterocycles. The Hall–Kier alpha value is -1.52. The first kappa shape index (κ1) is 11.0. The SMILES string of the molecule is Cc1nn(C)c(C)c1CNC(=O)NC1CC1. The van der Waals surface area contributed by atoms with Crippen LogP contribution in [0.4, 0.5) is 4.79 Å². The number of nitrogens with zero attached hydrogens (tertiary/aromatic N) is 2. The molecular weight excluding hydrogens is 204 g/mol. The van der Waals surface area contributed by atoms with E-state index in [-0.39, 0.29) is 6.03 Å². The Morgan fingerprint density at radius 1 is 1.50 bits per heavy atom. The number of urea groups is 1. The van der Waals surface area contributed by atoms with E-state index in [1.165, 1.54) is 0 Å². The lowest BCUT2D eigenvalue weighted by atomic mass is 10.2. The zero-order chi connectivity index (χ0) is 11.7. The molecule has 1 saturated carbocycles. The van der Waals surface area contributed by atoms with Gasteiger partial charge in [-0.05, 0) is 26.7 Å². The zero-order valence-corrected chi connectivity index (χ0v) is 10.0. The van der Waals surface area contributed by atoms with E-state index in [4.69, 9.17) is 0 Å². The Balaban J connectivity index is 1.90. The number of rotatable bonds is 3. The Labute approximate surface area is 95.2 Å². The molecule has 5 heteroatoms. The van der Waals surface area contributed by atoms with Crippen molar-refractivity contribution in [1.29, 1.82) is 0 Å². The first-order chi connectivity index (χ1) is 7.58. The molecule has 16 heavy (non-hydrogen) atoms. The Morgan fingerprint density at radius 3 is 2.69 bits per heavy atom. The second-order valence-corrected chi connectivity index (χ2v) is 4.37. The van der Waals surface area contributed by atoms with Crippen LogP contribution in [0.1, 0.15) is 29.8 Å². The van der Waals surface area contributed by atoms with Gasteiger partial charge in [0.05, 0.1) is 5.69 Å². The van der Waals surface area contributed by atoms with Crippen molar-refractivity contribution in [3.8, 4) is 0 Å². The van der Waals surface area contributed by atoms with Crippen LogP contribution in [0.2, 0.25) is 0 Å². The van der Waals surface area contributed by atoms with Gasteiger partial charge in [0.1, 0.15) is 0 Å². The maximum Gasteiger partial charge on any atom is 0.315 e. The van der Waals surface area contributed by atoms with Crippen molar-refractivity contribution in [2.75, 3.05) is 0 Å². The third-order valence-corrected chi connectivity index (χ3v) is 3.00. The number of hydrogen-bond donors (Lipinski definition) is 2. The molecule has 0 atom stereocenters. The summed E-state index contributed by atoms with van der Waals surface area (Å²) in [6.45, 7) is 4.52. The van der Waals surface area contributed by atoms with Crippen LogP contribution in [-0.2, 0) is 13.6 Å². The molecule has 2 amide bonds. The second-order valence-electron chi connectivity index (χ2n) is 4.37. The molecular formula is C11H18N4O. The van der Waals surface area contributed by atoms with E-state index in [0.717, 1.165) is 29.8 Å². The molecule has 88 valence electrons. The number of carbonyl (C=O) groups is 1. The van der Waals surface area contributed by atoms with Crippen LogP contribution >= 0.6 is 0 Å². The van der Waals surface area contributed by atoms with Crippen LogP contribution in [-0.4, -0.2) is 21.9 Å². The monoisotopic (exact) mass is 222 g/mol. The van der Waals surface area contributed by atoms with Gasteiger partial charge in [-0.1, -0.05) is 0 Å². The summed E-state index contributed by atoms with van der Waals surface area (Å²) in [4.78, 5) is 11.4. The van der Waals surface area contributed by atoms with Crippen molar-refractivity contribution in [1.82, 2.24) is 20.4 Å². The van der Waals surface area contributed by atoms with Gasteiger partial charge >= 0.3 is 6.03 Å². The molecule has 1 fully saturated rings. The van der Waals surface area contributed by atoms with Crippen molar-refractivity contribution < 1.29 is 4.79 Å². The highest BCUT2D eigenvalue weighted by Crippen LogP contribution is 2.18.